The molecule has 0 atom stereocenters. The summed E-state index contributed by atoms with van der Waals surface area (Å²) in [5, 5.41) is 5.47. The van der Waals surface area contributed by atoms with Crippen molar-refractivity contribution in [3.63, 3.8) is 0 Å². The molecule has 0 aliphatic carbocycles. The number of aromatic nitrogens is 1. The van der Waals surface area contributed by atoms with Gasteiger partial charge in [-0.2, -0.15) is 8.78 Å². The predicted octanol–water partition coefficient (Wildman–Crippen LogP) is 5.95. The highest BCUT2D eigenvalue weighted by atomic mass is 35.5. The Bertz CT molecular complexity index is 840. The van der Waals surface area contributed by atoms with Crippen LogP contribution in [0.1, 0.15) is 0 Å². The quantitative estimate of drug-likeness (QED) is 0.602. The van der Waals surface area contributed by atoms with Crippen molar-refractivity contribution in [2.24, 2.45) is 0 Å². The van der Waals surface area contributed by atoms with Gasteiger partial charge in [-0.15, -0.1) is 11.3 Å². The van der Waals surface area contributed by atoms with Crippen LogP contribution in [0.25, 0.3) is 11.3 Å². The maximum atomic E-state index is 13.1. The molecule has 0 bridgehead atoms. The second-order valence-corrected chi connectivity index (χ2v) is 5.96. The summed E-state index contributed by atoms with van der Waals surface area (Å²) in [4.78, 5) is 4.40. The van der Waals surface area contributed by atoms with E-state index in [-0.39, 0.29) is 10.8 Å². The van der Waals surface area contributed by atoms with Crippen molar-refractivity contribution in [3.05, 3.63) is 58.7 Å². The van der Waals surface area contributed by atoms with Gasteiger partial charge in [-0.25, -0.2) is 9.37 Å². The number of halogens is 4. The van der Waals surface area contributed by atoms with E-state index >= 15 is 0 Å². The second-order valence-electron chi connectivity index (χ2n) is 4.69. The van der Waals surface area contributed by atoms with E-state index in [9.17, 15) is 13.2 Å². The number of alkyl halides is 2. The molecule has 3 rings (SSSR count). The molecule has 0 saturated carbocycles. The minimum Gasteiger partial charge on any atom is -0.435 e. The van der Waals surface area contributed by atoms with E-state index in [0.717, 1.165) is 5.56 Å². The van der Waals surface area contributed by atoms with Crippen molar-refractivity contribution in [1.29, 1.82) is 0 Å². The third-order valence-corrected chi connectivity index (χ3v) is 4.10. The molecule has 0 spiro atoms. The third-order valence-electron chi connectivity index (χ3n) is 3.05. The van der Waals surface area contributed by atoms with Crippen LogP contribution in [0.5, 0.6) is 5.75 Å². The summed E-state index contributed by atoms with van der Waals surface area (Å²) in [5.74, 6) is -0.406. The molecule has 0 aliphatic rings. The SMILES string of the molecule is Fc1ccc(Nc2nc(-c3ccc(OC(F)F)cc3)cs2)cc1Cl. The average Bonchev–Trinajstić information content (AvgIpc) is 3.00. The van der Waals surface area contributed by atoms with Crippen molar-refractivity contribution in [2.75, 3.05) is 5.32 Å². The molecule has 1 N–H and O–H groups in total. The Labute approximate surface area is 144 Å². The Kier molecular flexibility index (Phi) is 4.92. The first-order valence-electron chi connectivity index (χ1n) is 6.74. The highest BCUT2D eigenvalue weighted by molar-refractivity contribution is 7.14. The number of ether oxygens (including phenoxy) is 1. The maximum Gasteiger partial charge on any atom is 0.387 e. The Morgan fingerprint density at radius 1 is 1.12 bits per heavy atom. The summed E-state index contributed by atoms with van der Waals surface area (Å²) in [7, 11) is 0. The van der Waals surface area contributed by atoms with Crippen LogP contribution in [0.2, 0.25) is 5.02 Å². The van der Waals surface area contributed by atoms with Gasteiger partial charge < -0.3 is 10.1 Å². The summed E-state index contributed by atoms with van der Waals surface area (Å²) in [5.41, 5.74) is 2.06. The largest absolute Gasteiger partial charge is 0.435 e. The Morgan fingerprint density at radius 2 is 1.88 bits per heavy atom. The third kappa shape index (κ3) is 3.98. The van der Waals surface area contributed by atoms with Crippen molar-refractivity contribution in [3.8, 4) is 17.0 Å². The van der Waals surface area contributed by atoms with E-state index in [2.05, 4.69) is 15.0 Å². The van der Waals surface area contributed by atoms with E-state index in [1.165, 1.54) is 35.6 Å². The maximum absolute atomic E-state index is 13.1. The summed E-state index contributed by atoms with van der Waals surface area (Å²) in [6.07, 6.45) is 0. The number of nitrogens with one attached hydrogen (secondary N) is 1. The van der Waals surface area contributed by atoms with Crippen LogP contribution >= 0.6 is 22.9 Å². The number of nitrogens with zero attached hydrogens (tertiary/aromatic N) is 1. The van der Waals surface area contributed by atoms with Gasteiger partial charge in [0.15, 0.2) is 5.13 Å². The van der Waals surface area contributed by atoms with E-state index in [1.807, 2.05) is 5.38 Å². The zero-order valence-electron chi connectivity index (χ0n) is 12.0. The predicted molar refractivity (Wildman–Crippen MR) is 88.9 cm³/mol. The van der Waals surface area contributed by atoms with Crippen LogP contribution in [0.3, 0.4) is 0 Å². The molecule has 0 saturated heterocycles. The van der Waals surface area contributed by atoms with Crippen LogP contribution in [0.4, 0.5) is 24.0 Å². The molecule has 3 nitrogen and oxygen atoms in total. The number of thiazole rings is 1. The van der Waals surface area contributed by atoms with E-state index in [1.54, 1.807) is 18.2 Å². The van der Waals surface area contributed by atoms with Crippen LogP contribution in [0, 0.1) is 5.82 Å². The Balaban J connectivity index is 1.74. The zero-order valence-corrected chi connectivity index (χ0v) is 13.5. The molecule has 2 aromatic carbocycles. The molecule has 8 heteroatoms. The zero-order chi connectivity index (χ0) is 17.1. The monoisotopic (exact) mass is 370 g/mol. The van der Waals surface area contributed by atoms with Gasteiger partial charge in [-0.05, 0) is 42.5 Å². The van der Waals surface area contributed by atoms with E-state index in [4.69, 9.17) is 11.6 Å². The summed E-state index contributed by atoms with van der Waals surface area (Å²) >= 11 is 7.09. The van der Waals surface area contributed by atoms with Crippen LogP contribution in [-0.4, -0.2) is 11.6 Å². The molecular formula is C16H10ClF3N2OS. The molecule has 24 heavy (non-hydrogen) atoms. The average molecular weight is 371 g/mol. The smallest absolute Gasteiger partial charge is 0.387 e. The topological polar surface area (TPSA) is 34.2 Å². The molecule has 124 valence electrons. The van der Waals surface area contributed by atoms with Gasteiger partial charge in [0.25, 0.3) is 0 Å². The number of rotatable bonds is 5. The molecular weight excluding hydrogens is 361 g/mol. The first-order valence-corrected chi connectivity index (χ1v) is 8.00. The number of hydrogen-bond donors (Lipinski definition) is 1. The molecule has 0 fully saturated rings. The van der Waals surface area contributed by atoms with Gasteiger partial charge >= 0.3 is 6.61 Å². The van der Waals surface area contributed by atoms with Crippen molar-refractivity contribution in [2.45, 2.75) is 6.61 Å². The van der Waals surface area contributed by atoms with Gasteiger partial charge in [0.2, 0.25) is 0 Å². The first-order chi connectivity index (χ1) is 11.5. The lowest BCUT2D eigenvalue weighted by atomic mass is 10.2. The molecule has 3 aromatic rings. The lowest BCUT2D eigenvalue weighted by Crippen LogP contribution is -2.01. The Hall–Kier alpha value is -2.25. The summed E-state index contributed by atoms with van der Waals surface area (Å²) < 4.78 is 41.7. The molecule has 1 aromatic heterocycles. The summed E-state index contributed by atoms with van der Waals surface area (Å²) in [6, 6.07) is 10.5. The van der Waals surface area contributed by atoms with Crippen LogP contribution in [0.15, 0.2) is 47.8 Å². The number of anilines is 2. The van der Waals surface area contributed by atoms with Gasteiger partial charge in [-0.3, -0.25) is 0 Å². The lowest BCUT2D eigenvalue weighted by molar-refractivity contribution is -0.0498. The standard InChI is InChI=1S/C16H10ClF3N2OS/c17-12-7-10(3-6-13(12)18)21-16-22-14(8-24-16)9-1-4-11(5-2-9)23-15(19)20/h1-8,15H,(H,21,22). The molecule has 0 unspecified atom stereocenters. The van der Waals surface area contributed by atoms with Gasteiger partial charge in [0.05, 0.1) is 10.7 Å². The van der Waals surface area contributed by atoms with E-state index in [0.29, 0.717) is 16.5 Å². The fourth-order valence-electron chi connectivity index (χ4n) is 1.97. The molecule has 0 amide bonds. The minimum atomic E-state index is -2.85. The highest BCUT2D eigenvalue weighted by Gasteiger charge is 2.08. The minimum absolute atomic E-state index is 0.0198. The molecule has 0 aliphatic heterocycles. The van der Waals surface area contributed by atoms with Crippen LogP contribution in [-0.2, 0) is 0 Å². The van der Waals surface area contributed by atoms with Crippen molar-refractivity contribution in [1.82, 2.24) is 4.98 Å². The number of benzene rings is 2. The van der Waals surface area contributed by atoms with Gasteiger partial charge in [0, 0.05) is 16.6 Å². The summed E-state index contributed by atoms with van der Waals surface area (Å²) in [6.45, 7) is -2.85. The normalized spacial score (nSPS) is 10.9. The van der Waals surface area contributed by atoms with Crippen LogP contribution < -0.4 is 10.1 Å². The second kappa shape index (κ2) is 7.11. The van der Waals surface area contributed by atoms with Crippen molar-refractivity contribution >= 4 is 33.8 Å². The van der Waals surface area contributed by atoms with Crippen molar-refractivity contribution < 1.29 is 17.9 Å². The molecule has 0 radical (unpaired) electrons. The first kappa shape index (κ1) is 16.6. The Morgan fingerprint density at radius 3 is 2.54 bits per heavy atom. The lowest BCUT2D eigenvalue weighted by Gasteiger charge is -2.05. The highest BCUT2D eigenvalue weighted by Crippen LogP contribution is 2.29. The fourth-order valence-corrected chi connectivity index (χ4v) is 2.89. The number of hydrogen-bond acceptors (Lipinski definition) is 4. The van der Waals surface area contributed by atoms with Gasteiger partial charge in [0.1, 0.15) is 11.6 Å². The fraction of sp³-hybridized carbons (Fsp3) is 0.0625. The van der Waals surface area contributed by atoms with E-state index < -0.39 is 12.4 Å². The molecule has 1 heterocycles. The van der Waals surface area contributed by atoms with Gasteiger partial charge in [-0.1, -0.05) is 11.6 Å².